The maximum absolute atomic E-state index is 12.5. The summed E-state index contributed by atoms with van der Waals surface area (Å²) in [6.07, 6.45) is 6.87. The van der Waals surface area contributed by atoms with Gasteiger partial charge < -0.3 is 14.2 Å². The normalized spacial score (nSPS) is 33.2. The average molecular weight is 400 g/mol. The Bertz CT molecular complexity index is 886. The number of carbonyl (C=O) groups excluding carboxylic acids is 2. The number of epoxide rings is 1. The molecule has 1 aliphatic carbocycles. The smallest absolute Gasteiger partial charge is 0.419 e. The Morgan fingerprint density at radius 2 is 2.28 bits per heavy atom. The first-order valence-electron chi connectivity index (χ1n) is 10.3. The number of fused-ring (bicyclic) bond motifs is 3. The number of carbonyl (C=O) groups is 2. The molecule has 0 radical (unpaired) electrons. The van der Waals surface area contributed by atoms with Gasteiger partial charge in [-0.1, -0.05) is 19.6 Å². The summed E-state index contributed by atoms with van der Waals surface area (Å²) >= 11 is 0. The van der Waals surface area contributed by atoms with Crippen LogP contribution in [-0.2, 0) is 25.4 Å². The summed E-state index contributed by atoms with van der Waals surface area (Å²) < 4.78 is 18.5. The van der Waals surface area contributed by atoms with Gasteiger partial charge in [0.2, 0.25) is 0 Å². The first kappa shape index (κ1) is 19.9. The summed E-state index contributed by atoms with van der Waals surface area (Å²) in [6, 6.07) is 0. The van der Waals surface area contributed by atoms with Crippen LogP contribution in [0.4, 0.5) is 4.79 Å². The van der Waals surface area contributed by atoms with E-state index in [-0.39, 0.29) is 36.3 Å². The molecular formula is C22H28N2O5. The van der Waals surface area contributed by atoms with E-state index in [1.807, 2.05) is 13.8 Å². The Morgan fingerprint density at radius 1 is 1.48 bits per heavy atom. The summed E-state index contributed by atoms with van der Waals surface area (Å²) in [5.41, 5.74) is 2.08. The van der Waals surface area contributed by atoms with Crippen LogP contribution in [0.5, 0.6) is 0 Å². The van der Waals surface area contributed by atoms with Crippen molar-refractivity contribution in [2.75, 3.05) is 6.61 Å². The molecule has 0 aromatic carbocycles. The van der Waals surface area contributed by atoms with Crippen molar-refractivity contribution >= 4 is 12.1 Å². The zero-order valence-electron chi connectivity index (χ0n) is 17.3. The second-order valence-electron chi connectivity index (χ2n) is 8.37. The molecule has 1 aromatic rings. The molecule has 0 unspecified atom stereocenters. The van der Waals surface area contributed by atoms with Gasteiger partial charge in [0.05, 0.1) is 11.3 Å². The number of rotatable bonds is 3. The fraction of sp³-hybridized carbons (Fsp3) is 0.591. The molecule has 7 heteroatoms. The number of aryl methyl sites for hydroxylation is 2. The molecule has 29 heavy (non-hydrogen) atoms. The molecule has 1 aromatic heterocycles. The number of aromatic nitrogens is 2. The van der Waals surface area contributed by atoms with Crippen molar-refractivity contribution in [3.63, 3.8) is 0 Å². The Labute approximate surface area is 170 Å². The quantitative estimate of drug-likeness (QED) is 0.334. The Morgan fingerprint density at radius 3 is 3.03 bits per heavy atom. The summed E-state index contributed by atoms with van der Waals surface area (Å²) in [4.78, 5) is 28.9. The summed E-state index contributed by atoms with van der Waals surface area (Å²) in [7, 11) is 0. The molecular weight excluding hydrogens is 372 g/mol. The summed E-state index contributed by atoms with van der Waals surface area (Å²) in [5.74, 6) is 0.309. The Kier molecular flexibility index (Phi) is 5.11. The van der Waals surface area contributed by atoms with E-state index < -0.39 is 6.09 Å². The van der Waals surface area contributed by atoms with Gasteiger partial charge in [0, 0.05) is 24.1 Å². The molecule has 3 heterocycles. The fourth-order valence-corrected chi connectivity index (χ4v) is 4.43. The number of nitrogens with zero attached hydrogens (tertiary/aromatic N) is 2. The Balaban J connectivity index is 1.45. The topological polar surface area (TPSA) is 83.0 Å². The lowest BCUT2D eigenvalue weighted by atomic mass is 9.84. The molecule has 156 valence electrons. The predicted octanol–water partition coefficient (Wildman–Crippen LogP) is 3.49. The largest absolute Gasteiger partial charge is 0.455 e. The standard InChI is InChI=1S/C22H28N2O5/c1-5-17-23-13(2)11-24(17)21(26)27-12-15-7-6-10-22(4)19(29-22)18-16(9-8-15)14(3)20(25)28-18/h7,11,16,18-19H,3,5-6,8-10,12H2,1-2,4H3/b15-7+/t16-,18-,19-,22+/m0/s1. The average Bonchev–Trinajstić information content (AvgIpc) is 3.06. The van der Waals surface area contributed by atoms with Crippen molar-refractivity contribution in [2.45, 2.75) is 70.7 Å². The van der Waals surface area contributed by atoms with Crippen LogP contribution < -0.4 is 0 Å². The third kappa shape index (κ3) is 3.75. The molecule has 2 fully saturated rings. The van der Waals surface area contributed by atoms with Gasteiger partial charge in [-0.05, 0) is 45.1 Å². The molecule has 0 bridgehead atoms. The van der Waals surface area contributed by atoms with E-state index in [0.717, 1.165) is 37.0 Å². The molecule has 0 amide bonds. The highest BCUT2D eigenvalue weighted by molar-refractivity contribution is 5.91. The van der Waals surface area contributed by atoms with E-state index in [1.54, 1.807) is 6.20 Å². The fourth-order valence-electron chi connectivity index (χ4n) is 4.43. The molecule has 0 spiro atoms. The number of ether oxygens (including phenoxy) is 3. The van der Waals surface area contributed by atoms with E-state index >= 15 is 0 Å². The second-order valence-corrected chi connectivity index (χ2v) is 8.37. The highest BCUT2D eigenvalue weighted by atomic mass is 16.6. The van der Waals surface area contributed by atoms with Gasteiger partial charge in [-0.3, -0.25) is 0 Å². The van der Waals surface area contributed by atoms with E-state index in [0.29, 0.717) is 17.8 Å². The van der Waals surface area contributed by atoms with Crippen molar-refractivity contribution in [1.82, 2.24) is 9.55 Å². The number of hydrogen-bond donors (Lipinski definition) is 0. The van der Waals surface area contributed by atoms with E-state index in [9.17, 15) is 9.59 Å². The SMILES string of the molecule is C=C1C(=O)O[C@H]2[C@H]1CC/C(COC(=O)n1cc(C)nc1CC)=C\CC[C@@]1(C)O[C@@H]21. The molecule has 4 rings (SSSR count). The third-order valence-corrected chi connectivity index (χ3v) is 6.23. The van der Waals surface area contributed by atoms with E-state index in [1.165, 1.54) is 4.57 Å². The molecule has 2 aliphatic heterocycles. The monoisotopic (exact) mass is 400 g/mol. The van der Waals surface area contributed by atoms with E-state index in [2.05, 4.69) is 24.6 Å². The predicted molar refractivity (Wildman–Crippen MR) is 105 cm³/mol. The van der Waals surface area contributed by atoms with Crippen LogP contribution in [0.15, 0.2) is 30.0 Å². The maximum Gasteiger partial charge on any atom is 0.419 e. The third-order valence-electron chi connectivity index (χ3n) is 6.23. The molecule has 3 aliphatic rings. The van der Waals surface area contributed by atoms with Crippen LogP contribution in [0, 0.1) is 12.8 Å². The first-order valence-corrected chi connectivity index (χ1v) is 10.3. The van der Waals surface area contributed by atoms with Crippen molar-refractivity contribution < 1.29 is 23.8 Å². The second kappa shape index (κ2) is 7.44. The molecule has 0 N–H and O–H groups in total. The molecule has 0 saturated carbocycles. The maximum atomic E-state index is 12.5. The highest BCUT2D eigenvalue weighted by Crippen LogP contribution is 2.49. The highest BCUT2D eigenvalue weighted by Gasteiger charge is 2.61. The number of esters is 1. The zero-order chi connectivity index (χ0) is 20.8. The Hall–Kier alpha value is -2.41. The van der Waals surface area contributed by atoms with Crippen LogP contribution in [0.25, 0.3) is 0 Å². The van der Waals surface area contributed by atoms with Gasteiger partial charge >= 0.3 is 12.1 Å². The van der Waals surface area contributed by atoms with Crippen molar-refractivity contribution in [3.05, 3.63) is 41.5 Å². The number of imidazole rings is 1. The molecule has 7 nitrogen and oxygen atoms in total. The van der Waals surface area contributed by atoms with Crippen LogP contribution in [0.3, 0.4) is 0 Å². The minimum atomic E-state index is -0.417. The van der Waals surface area contributed by atoms with Crippen molar-refractivity contribution in [1.29, 1.82) is 0 Å². The van der Waals surface area contributed by atoms with E-state index in [4.69, 9.17) is 14.2 Å². The zero-order valence-corrected chi connectivity index (χ0v) is 17.3. The van der Waals surface area contributed by atoms with Crippen LogP contribution in [0.1, 0.15) is 51.0 Å². The van der Waals surface area contributed by atoms with Gasteiger partial charge in [0.15, 0.2) is 0 Å². The van der Waals surface area contributed by atoms with Gasteiger partial charge in [-0.2, -0.15) is 0 Å². The minimum Gasteiger partial charge on any atom is -0.455 e. The lowest BCUT2D eigenvalue weighted by Gasteiger charge is -2.20. The minimum absolute atomic E-state index is 0.0552. The first-order chi connectivity index (χ1) is 13.8. The summed E-state index contributed by atoms with van der Waals surface area (Å²) in [6.45, 7) is 10.0. The van der Waals surface area contributed by atoms with Crippen LogP contribution in [0.2, 0.25) is 0 Å². The van der Waals surface area contributed by atoms with Gasteiger partial charge in [-0.15, -0.1) is 0 Å². The number of allylic oxidation sites excluding steroid dienone is 1. The summed E-state index contributed by atoms with van der Waals surface area (Å²) in [5, 5.41) is 0. The van der Waals surface area contributed by atoms with Crippen molar-refractivity contribution in [2.24, 2.45) is 5.92 Å². The van der Waals surface area contributed by atoms with Crippen molar-refractivity contribution in [3.8, 4) is 0 Å². The van der Waals surface area contributed by atoms with Crippen LogP contribution in [-0.4, -0.2) is 46.0 Å². The molecule has 2 saturated heterocycles. The number of hydrogen-bond acceptors (Lipinski definition) is 6. The molecule has 4 atom stereocenters. The van der Waals surface area contributed by atoms with Gasteiger partial charge in [0.1, 0.15) is 24.6 Å². The van der Waals surface area contributed by atoms with Gasteiger partial charge in [0.25, 0.3) is 0 Å². The lowest BCUT2D eigenvalue weighted by molar-refractivity contribution is -0.140. The van der Waals surface area contributed by atoms with Gasteiger partial charge in [-0.25, -0.2) is 19.1 Å². The van der Waals surface area contributed by atoms with Crippen LogP contribution >= 0.6 is 0 Å². The lowest BCUT2D eigenvalue weighted by Crippen LogP contribution is -2.29.